The van der Waals surface area contributed by atoms with Crippen LogP contribution in [0.3, 0.4) is 0 Å². The normalized spacial score (nSPS) is 10.8. The van der Waals surface area contributed by atoms with Crippen LogP contribution in [0, 0.1) is 19.7 Å². The summed E-state index contributed by atoms with van der Waals surface area (Å²) in [6.07, 6.45) is 3.39. The van der Waals surface area contributed by atoms with Gasteiger partial charge in [0.2, 0.25) is 0 Å². The van der Waals surface area contributed by atoms with Crippen molar-refractivity contribution in [1.82, 2.24) is 14.5 Å². The predicted octanol–water partition coefficient (Wildman–Crippen LogP) is 4.28. The molecule has 24 heavy (non-hydrogen) atoms. The van der Waals surface area contributed by atoms with Gasteiger partial charge in [0, 0.05) is 24.5 Å². The third kappa shape index (κ3) is 3.06. The summed E-state index contributed by atoms with van der Waals surface area (Å²) < 4.78 is 15.6. The number of hydrogen-bond acceptors (Lipinski definition) is 3. The molecule has 0 spiro atoms. The van der Waals surface area contributed by atoms with Crippen LogP contribution in [-0.4, -0.2) is 19.6 Å². The molecule has 4 nitrogen and oxygen atoms in total. The first kappa shape index (κ1) is 15.9. The van der Waals surface area contributed by atoms with Crippen LogP contribution in [-0.2, 0) is 6.54 Å². The minimum absolute atomic E-state index is 0.0664. The van der Waals surface area contributed by atoms with Crippen molar-refractivity contribution in [2.75, 3.05) is 0 Å². The van der Waals surface area contributed by atoms with E-state index in [2.05, 4.69) is 16.5 Å². The summed E-state index contributed by atoms with van der Waals surface area (Å²) in [5.41, 5.74) is 3.65. The smallest absolute Gasteiger partial charge is 0.142 e. The number of nitrogens with zero attached hydrogens (tertiary/aromatic N) is 3. The number of benzene rings is 1. The van der Waals surface area contributed by atoms with Crippen molar-refractivity contribution in [2.45, 2.75) is 20.4 Å². The van der Waals surface area contributed by atoms with Crippen LogP contribution in [0.25, 0.3) is 17.1 Å². The van der Waals surface area contributed by atoms with Crippen LogP contribution in [0.1, 0.15) is 22.5 Å². The molecule has 122 valence electrons. The Labute approximate surface area is 139 Å². The Kier molecular flexibility index (Phi) is 4.16. The zero-order chi connectivity index (χ0) is 17.3. The van der Waals surface area contributed by atoms with Crippen molar-refractivity contribution in [1.29, 1.82) is 0 Å². The Morgan fingerprint density at radius 3 is 2.71 bits per heavy atom. The van der Waals surface area contributed by atoms with Crippen molar-refractivity contribution in [3.05, 3.63) is 77.6 Å². The maximum atomic E-state index is 13.7. The average Bonchev–Trinajstić information content (AvgIpc) is 2.83. The second kappa shape index (κ2) is 6.28. The van der Waals surface area contributed by atoms with E-state index in [1.807, 2.05) is 36.6 Å². The van der Waals surface area contributed by atoms with E-state index < -0.39 is 0 Å². The Morgan fingerprint density at radius 1 is 1.29 bits per heavy atom. The third-order valence-electron chi connectivity index (χ3n) is 3.78. The lowest BCUT2D eigenvalue weighted by molar-refractivity contribution is 0.504. The molecule has 5 heteroatoms. The lowest BCUT2D eigenvalue weighted by atomic mass is 10.1. The molecule has 0 radical (unpaired) electrons. The van der Waals surface area contributed by atoms with E-state index in [1.54, 1.807) is 12.4 Å². The molecule has 0 aliphatic rings. The van der Waals surface area contributed by atoms with E-state index in [-0.39, 0.29) is 11.6 Å². The second-order valence-electron chi connectivity index (χ2n) is 5.78. The maximum absolute atomic E-state index is 13.7. The molecule has 0 fully saturated rings. The standard InChI is InChI=1S/C19H18FN3O/c1-12-7-15(9-17(20)8-12)11-23-18(14(3)24)13(2)22-19(23)16-5-4-6-21-10-16/h4-10,24H,3,11H2,1-2H3. The monoisotopic (exact) mass is 323 g/mol. The SMILES string of the molecule is C=C(O)c1c(C)nc(-c2cccnc2)n1Cc1cc(C)cc(F)c1. The summed E-state index contributed by atoms with van der Waals surface area (Å²) in [5.74, 6) is 0.310. The largest absolute Gasteiger partial charge is 0.506 e. The van der Waals surface area contributed by atoms with Crippen molar-refractivity contribution in [3.8, 4) is 11.4 Å². The quantitative estimate of drug-likeness (QED) is 0.729. The second-order valence-corrected chi connectivity index (χ2v) is 5.78. The van der Waals surface area contributed by atoms with Gasteiger partial charge >= 0.3 is 0 Å². The molecule has 1 aromatic carbocycles. The zero-order valence-electron chi connectivity index (χ0n) is 13.6. The van der Waals surface area contributed by atoms with Crippen LogP contribution in [0.2, 0.25) is 0 Å². The number of halogens is 1. The highest BCUT2D eigenvalue weighted by Gasteiger charge is 2.18. The lowest BCUT2D eigenvalue weighted by Crippen LogP contribution is -2.07. The van der Waals surface area contributed by atoms with E-state index >= 15 is 0 Å². The van der Waals surface area contributed by atoms with Gasteiger partial charge in [-0.15, -0.1) is 0 Å². The van der Waals surface area contributed by atoms with Crippen LogP contribution < -0.4 is 0 Å². The van der Waals surface area contributed by atoms with E-state index in [0.29, 0.717) is 23.8 Å². The van der Waals surface area contributed by atoms with Crippen LogP contribution in [0.4, 0.5) is 4.39 Å². The van der Waals surface area contributed by atoms with Gasteiger partial charge < -0.3 is 9.67 Å². The van der Waals surface area contributed by atoms with Gasteiger partial charge in [-0.2, -0.15) is 0 Å². The minimum atomic E-state index is -0.283. The van der Waals surface area contributed by atoms with E-state index in [1.165, 1.54) is 12.1 Å². The molecule has 0 atom stereocenters. The Morgan fingerprint density at radius 2 is 2.08 bits per heavy atom. The molecule has 1 N–H and O–H groups in total. The average molecular weight is 323 g/mol. The topological polar surface area (TPSA) is 50.9 Å². The highest BCUT2D eigenvalue weighted by molar-refractivity contribution is 5.63. The molecule has 0 saturated heterocycles. The number of aryl methyl sites for hydroxylation is 2. The first-order valence-electron chi connectivity index (χ1n) is 7.57. The van der Waals surface area contributed by atoms with Gasteiger partial charge in [-0.1, -0.05) is 12.6 Å². The summed E-state index contributed by atoms with van der Waals surface area (Å²) in [6.45, 7) is 7.67. The maximum Gasteiger partial charge on any atom is 0.142 e. The minimum Gasteiger partial charge on any atom is -0.506 e. The first-order valence-corrected chi connectivity index (χ1v) is 7.57. The lowest BCUT2D eigenvalue weighted by Gasteiger charge is -2.12. The number of aliphatic hydroxyl groups excluding tert-OH is 1. The number of imidazole rings is 1. The summed E-state index contributed by atoms with van der Waals surface area (Å²) in [7, 11) is 0. The third-order valence-corrected chi connectivity index (χ3v) is 3.78. The van der Waals surface area contributed by atoms with Gasteiger partial charge in [0.1, 0.15) is 23.1 Å². The van der Waals surface area contributed by atoms with E-state index in [0.717, 1.165) is 16.7 Å². The highest BCUT2D eigenvalue weighted by Crippen LogP contribution is 2.26. The zero-order valence-corrected chi connectivity index (χ0v) is 13.6. The Bertz CT molecular complexity index is 880. The summed E-state index contributed by atoms with van der Waals surface area (Å²) in [4.78, 5) is 8.67. The molecule has 2 aromatic heterocycles. The van der Waals surface area contributed by atoms with Gasteiger partial charge in [0.05, 0.1) is 5.69 Å². The van der Waals surface area contributed by atoms with Gasteiger partial charge in [-0.25, -0.2) is 9.37 Å². The molecule has 3 aromatic rings. The van der Waals surface area contributed by atoms with Crippen molar-refractivity contribution in [3.63, 3.8) is 0 Å². The molecular formula is C19H18FN3O. The van der Waals surface area contributed by atoms with Gasteiger partial charge in [-0.05, 0) is 49.2 Å². The highest BCUT2D eigenvalue weighted by atomic mass is 19.1. The van der Waals surface area contributed by atoms with Gasteiger partial charge in [0.25, 0.3) is 0 Å². The fourth-order valence-electron chi connectivity index (χ4n) is 2.89. The molecule has 2 heterocycles. The van der Waals surface area contributed by atoms with Crippen molar-refractivity contribution < 1.29 is 9.50 Å². The molecule has 0 unspecified atom stereocenters. The predicted molar refractivity (Wildman–Crippen MR) is 92.1 cm³/mol. The van der Waals surface area contributed by atoms with Gasteiger partial charge in [-0.3, -0.25) is 4.98 Å². The van der Waals surface area contributed by atoms with E-state index in [9.17, 15) is 9.50 Å². The first-order chi connectivity index (χ1) is 11.5. The summed E-state index contributed by atoms with van der Waals surface area (Å²) in [6, 6.07) is 8.60. The van der Waals surface area contributed by atoms with Crippen LogP contribution >= 0.6 is 0 Å². The fraction of sp³-hybridized carbons (Fsp3) is 0.158. The molecule has 0 bridgehead atoms. The molecule has 0 amide bonds. The Hall–Kier alpha value is -2.95. The number of rotatable bonds is 4. The number of hydrogen-bond donors (Lipinski definition) is 1. The molecule has 0 aliphatic heterocycles. The van der Waals surface area contributed by atoms with Gasteiger partial charge in [0.15, 0.2) is 0 Å². The number of aromatic nitrogens is 3. The van der Waals surface area contributed by atoms with E-state index in [4.69, 9.17) is 0 Å². The number of aliphatic hydroxyl groups is 1. The molecular weight excluding hydrogens is 305 g/mol. The Balaban J connectivity index is 2.15. The molecule has 3 rings (SSSR count). The fourth-order valence-corrected chi connectivity index (χ4v) is 2.89. The van der Waals surface area contributed by atoms with Crippen molar-refractivity contribution >= 4 is 5.76 Å². The number of pyridine rings is 1. The molecule has 0 aliphatic carbocycles. The summed E-state index contributed by atoms with van der Waals surface area (Å²) in [5, 5.41) is 9.99. The van der Waals surface area contributed by atoms with Crippen LogP contribution in [0.5, 0.6) is 0 Å². The van der Waals surface area contributed by atoms with Crippen molar-refractivity contribution in [2.24, 2.45) is 0 Å². The summed E-state index contributed by atoms with van der Waals surface area (Å²) >= 11 is 0. The van der Waals surface area contributed by atoms with Crippen LogP contribution in [0.15, 0.2) is 49.3 Å². The molecule has 0 saturated carbocycles.